The average molecular weight is 594 g/mol. The summed E-state index contributed by atoms with van der Waals surface area (Å²) in [5.41, 5.74) is 1.46. The van der Waals surface area contributed by atoms with Gasteiger partial charge in [0.1, 0.15) is 23.4 Å². The number of carbonyl (C=O) groups is 3. The Hall–Kier alpha value is -3.81. The lowest BCUT2D eigenvalue weighted by Gasteiger charge is -2.39. The molecule has 0 bridgehead atoms. The molecule has 0 aliphatic carbocycles. The van der Waals surface area contributed by atoms with E-state index < -0.39 is 29.7 Å². The third-order valence-electron chi connectivity index (χ3n) is 7.07. The van der Waals surface area contributed by atoms with Gasteiger partial charge in [-0.05, 0) is 87.8 Å². The molecule has 0 fully saturated rings. The van der Waals surface area contributed by atoms with E-state index in [0.29, 0.717) is 24.4 Å². The summed E-state index contributed by atoms with van der Waals surface area (Å²) in [4.78, 5) is 43.3. The number of hydrogen-bond donors (Lipinski definition) is 3. The van der Waals surface area contributed by atoms with Gasteiger partial charge in [0.25, 0.3) is 0 Å². The molecule has 2 aromatic carbocycles. The topological polar surface area (TPSA) is 108 Å². The van der Waals surface area contributed by atoms with Gasteiger partial charge in [0, 0.05) is 19.0 Å². The highest BCUT2D eigenvalue weighted by Gasteiger charge is 2.39. The maximum Gasteiger partial charge on any atom is 0.408 e. The summed E-state index contributed by atoms with van der Waals surface area (Å²) in [6.45, 7) is 17.9. The van der Waals surface area contributed by atoms with Gasteiger partial charge in [-0.2, -0.15) is 0 Å². The molecular formula is C35H51N3O5. The maximum atomic E-state index is 14.7. The zero-order valence-corrected chi connectivity index (χ0v) is 27.0. The van der Waals surface area contributed by atoms with Gasteiger partial charge >= 0.3 is 6.09 Å². The predicted octanol–water partition coefficient (Wildman–Crippen LogP) is 6.78. The van der Waals surface area contributed by atoms with E-state index >= 15 is 0 Å². The molecule has 0 saturated heterocycles. The van der Waals surface area contributed by atoms with E-state index in [9.17, 15) is 19.5 Å². The number of ether oxygens (including phenoxy) is 1. The Morgan fingerprint density at radius 3 is 2.30 bits per heavy atom. The Morgan fingerprint density at radius 2 is 1.72 bits per heavy atom. The molecule has 0 saturated carbocycles. The second-order valence-electron chi connectivity index (χ2n) is 12.6. The number of amides is 3. The van der Waals surface area contributed by atoms with Crippen molar-refractivity contribution in [1.29, 1.82) is 0 Å². The minimum absolute atomic E-state index is 0.0987. The first kappa shape index (κ1) is 35.4. The van der Waals surface area contributed by atoms with Gasteiger partial charge < -0.3 is 25.4 Å². The molecule has 0 spiro atoms. The Balaban J connectivity index is 2.66. The summed E-state index contributed by atoms with van der Waals surface area (Å²) in [6.07, 6.45) is 4.37. The van der Waals surface area contributed by atoms with Crippen LogP contribution in [0.1, 0.15) is 96.9 Å². The van der Waals surface area contributed by atoms with Crippen molar-refractivity contribution in [2.75, 3.05) is 6.54 Å². The molecule has 236 valence electrons. The van der Waals surface area contributed by atoms with E-state index in [1.54, 1.807) is 43.9 Å². The summed E-state index contributed by atoms with van der Waals surface area (Å²) >= 11 is 0. The lowest BCUT2D eigenvalue weighted by atomic mass is 9.95. The van der Waals surface area contributed by atoms with Crippen LogP contribution in [0.4, 0.5) is 4.79 Å². The summed E-state index contributed by atoms with van der Waals surface area (Å²) < 4.78 is 5.53. The van der Waals surface area contributed by atoms with Crippen LogP contribution in [0.5, 0.6) is 5.75 Å². The molecule has 0 aliphatic rings. The monoisotopic (exact) mass is 593 g/mol. The van der Waals surface area contributed by atoms with Crippen molar-refractivity contribution in [3.8, 4) is 5.75 Å². The predicted molar refractivity (Wildman–Crippen MR) is 173 cm³/mol. The third kappa shape index (κ3) is 11.8. The molecule has 8 nitrogen and oxygen atoms in total. The fourth-order valence-electron chi connectivity index (χ4n) is 4.79. The minimum atomic E-state index is -1.03. The molecule has 3 atom stereocenters. The fourth-order valence-corrected chi connectivity index (χ4v) is 4.79. The van der Waals surface area contributed by atoms with Crippen LogP contribution in [0.3, 0.4) is 0 Å². The van der Waals surface area contributed by atoms with Crippen LogP contribution in [0.2, 0.25) is 0 Å². The molecule has 3 amide bonds. The van der Waals surface area contributed by atoms with E-state index in [1.807, 2.05) is 31.2 Å². The van der Waals surface area contributed by atoms with Gasteiger partial charge in [-0.1, -0.05) is 70.2 Å². The minimum Gasteiger partial charge on any atom is -0.508 e. The molecule has 3 unspecified atom stereocenters. The van der Waals surface area contributed by atoms with Crippen molar-refractivity contribution in [3.05, 3.63) is 71.8 Å². The highest BCUT2D eigenvalue weighted by Crippen LogP contribution is 2.29. The van der Waals surface area contributed by atoms with Gasteiger partial charge in [0.2, 0.25) is 11.8 Å². The molecule has 2 aromatic rings. The van der Waals surface area contributed by atoms with Gasteiger partial charge in [0.15, 0.2) is 0 Å². The molecular weight excluding hydrogens is 542 g/mol. The van der Waals surface area contributed by atoms with Crippen molar-refractivity contribution >= 4 is 24.0 Å². The number of carbonyl (C=O) groups excluding carboxylic acids is 3. The van der Waals surface area contributed by atoms with E-state index in [0.717, 1.165) is 30.4 Å². The number of nitrogens with one attached hydrogen (secondary N) is 2. The number of benzene rings is 2. The van der Waals surface area contributed by atoms with Crippen LogP contribution in [0.15, 0.2) is 55.1 Å². The molecule has 43 heavy (non-hydrogen) atoms. The van der Waals surface area contributed by atoms with Crippen molar-refractivity contribution in [2.24, 2.45) is 5.92 Å². The van der Waals surface area contributed by atoms with Gasteiger partial charge in [-0.3, -0.25) is 9.59 Å². The van der Waals surface area contributed by atoms with E-state index in [-0.39, 0.29) is 24.1 Å². The highest BCUT2D eigenvalue weighted by atomic mass is 16.6. The smallest absolute Gasteiger partial charge is 0.408 e. The Morgan fingerprint density at radius 1 is 1.05 bits per heavy atom. The number of phenolic OH excluding ortho intramolecular Hbond substituents is 1. The van der Waals surface area contributed by atoms with Gasteiger partial charge in [0.05, 0.1) is 0 Å². The zero-order valence-electron chi connectivity index (χ0n) is 27.0. The zero-order chi connectivity index (χ0) is 32.2. The first-order valence-electron chi connectivity index (χ1n) is 15.3. The normalized spacial score (nSPS) is 13.5. The van der Waals surface area contributed by atoms with E-state index in [4.69, 9.17) is 4.74 Å². The van der Waals surface area contributed by atoms with Crippen LogP contribution in [-0.4, -0.2) is 52.1 Å². The summed E-state index contributed by atoms with van der Waals surface area (Å²) in [5.74, 6) is -0.176. The lowest BCUT2D eigenvalue weighted by Crippen LogP contribution is -2.56. The number of hydrogen-bond acceptors (Lipinski definition) is 5. The number of nitrogens with zero attached hydrogens (tertiary/aromatic N) is 1. The summed E-state index contributed by atoms with van der Waals surface area (Å²) in [6, 6.07) is 11.7. The molecule has 8 heteroatoms. The third-order valence-corrected chi connectivity index (χ3v) is 7.07. The molecule has 0 aliphatic heterocycles. The molecule has 0 radical (unpaired) electrons. The van der Waals surface area contributed by atoms with E-state index in [1.165, 1.54) is 12.1 Å². The van der Waals surface area contributed by atoms with Gasteiger partial charge in [-0.15, -0.1) is 0 Å². The Labute approximate surface area is 257 Å². The first-order valence-corrected chi connectivity index (χ1v) is 15.3. The Bertz CT molecular complexity index is 1200. The number of alkyl carbamates (subject to hydrolysis) is 1. The van der Waals surface area contributed by atoms with Crippen LogP contribution in [0.25, 0.3) is 6.08 Å². The summed E-state index contributed by atoms with van der Waals surface area (Å²) in [7, 11) is 0. The fraction of sp³-hybridized carbons (Fsp3) is 0.514. The molecule has 2 rings (SSSR count). The first-order chi connectivity index (χ1) is 20.2. The van der Waals surface area contributed by atoms with Crippen LogP contribution in [-0.2, 0) is 20.7 Å². The molecule has 0 heterocycles. The lowest BCUT2D eigenvalue weighted by molar-refractivity contribution is -0.145. The van der Waals surface area contributed by atoms with E-state index in [2.05, 4.69) is 38.0 Å². The van der Waals surface area contributed by atoms with Crippen LogP contribution < -0.4 is 10.6 Å². The van der Waals surface area contributed by atoms with Crippen molar-refractivity contribution in [3.63, 3.8) is 0 Å². The molecule has 3 N–H and O–H groups in total. The quantitative estimate of drug-likeness (QED) is 0.197. The van der Waals surface area contributed by atoms with Crippen molar-refractivity contribution in [1.82, 2.24) is 15.5 Å². The van der Waals surface area contributed by atoms with Gasteiger partial charge in [-0.25, -0.2) is 4.79 Å². The second-order valence-corrected chi connectivity index (χ2v) is 12.6. The highest BCUT2D eigenvalue weighted by molar-refractivity contribution is 5.92. The second kappa shape index (κ2) is 16.7. The van der Waals surface area contributed by atoms with Crippen molar-refractivity contribution in [2.45, 2.75) is 104 Å². The molecule has 0 aromatic heterocycles. The van der Waals surface area contributed by atoms with Crippen LogP contribution in [0, 0.1) is 5.92 Å². The summed E-state index contributed by atoms with van der Waals surface area (Å²) in [5, 5.41) is 15.6. The van der Waals surface area contributed by atoms with Crippen LogP contribution >= 0.6 is 0 Å². The number of unbranched alkanes of at least 4 members (excludes halogenated alkanes) is 1. The number of aromatic hydroxyl groups is 1. The van der Waals surface area contributed by atoms with Crippen molar-refractivity contribution < 1.29 is 24.2 Å². The maximum absolute atomic E-state index is 14.7. The standard InChI is InChI=1S/C35H51N3O5/c1-9-11-21-36-32(40)31(28-14-12-13-26(10-2)22-28)38(25(5)16-15-24(3)4)33(41)30(37-34(42)43-35(6,7)8)23-27-17-19-29(39)20-18-27/h10,12-14,17-20,22,24-25,30-31,39H,2,9,11,15-16,21,23H2,1,3-8H3,(H,36,40)(H,37,42). The SMILES string of the molecule is C=Cc1cccc(C(C(=O)NCCCC)N(C(=O)C(Cc2ccc(O)cc2)NC(=O)OC(C)(C)C)C(C)CCC(C)C)c1. The largest absolute Gasteiger partial charge is 0.508 e. The Kier molecular flexibility index (Phi) is 13.8. The number of phenols is 1. The number of rotatable bonds is 15. The average Bonchev–Trinajstić information content (AvgIpc) is 2.94.